The molecule has 0 radical (unpaired) electrons. The molecule has 0 aliphatic carbocycles. The zero-order valence-electron chi connectivity index (χ0n) is 14.9. The second-order valence-corrected chi connectivity index (χ2v) is 5.90. The molecule has 132 valence electrons. The number of hydrogen-bond donors (Lipinski definition) is 2. The molecule has 0 aliphatic heterocycles. The van der Waals surface area contributed by atoms with E-state index in [0.717, 1.165) is 24.2 Å². The van der Waals surface area contributed by atoms with E-state index in [-0.39, 0.29) is 11.8 Å². The van der Waals surface area contributed by atoms with Crippen LogP contribution < -0.4 is 10.6 Å². The Balaban J connectivity index is 2.11. The molecule has 0 atom stereocenters. The lowest BCUT2D eigenvalue weighted by atomic mass is 10.2. The summed E-state index contributed by atoms with van der Waals surface area (Å²) in [5, 5.41) is 5.98. The zero-order chi connectivity index (χ0) is 18.2. The summed E-state index contributed by atoms with van der Waals surface area (Å²) in [7, 11) is 1.79. The van der Waals surface area contributed by atoms with Gasteiger partial charge in [0.05, 0.1) is 0 Å². The van der Waals surface area contributed by atoms with Crippen molar-refractivity contribution in [2.45, 2.75) is 26.7 Å². The van der Waals surface area contributed by atoms with Crippen LogP contribution in [-0.2, 0) is 4.79 Å². The first-order valence-corrected chi connectivity index (χ1v) is 8.35. The average Bonchev–Trinajstić information content (AvgIpc) is 2.59. The van der Waals surface area contributed by atoms with Gasteiger partial charge in [0, 0.05) is 43.8 Å². The van der Waals surface area contributed by atoms with Crippen LogP contribution in [-0.4, -0.2) is 35.3 Å². The van der Waals surface area contributed by atoms with Crippen molar-refractivity contribution in [2.24, 2.45) is 0 Å². The number of hydrogen-bond acceptors (Lipinski definition) is 4. The molecule has 2 rings (SSSR count). The van der Waals surface area contributed by atoms with Gasteiger partial charge in [-0.25, -0.2) is 0 Å². The fourth-order valence-corrected chi connectivity index (χ4v) is 2.36. The second kappa shape index (κ2) is 8.82. The molecule has 1 aromatic carbocycles. The lowest BCUT2D eigenvalue weighted by Crippen LogP contribution is -2.28. The highest BCUT2D eigenvalue weighted by Crippen LogP contribution is 2.20. The van der Waals surface area contributed by atoms with Gasteiger partial charge >= 0.3 is 0 Å². The number of nitrogens with one attached hydrogen (secondary N) is 2. The van der Waals surface area contributed by atoms with E-state index in [4.69, 9.17) is 0 Å². The normalized spacial score (nSPS) is 10.2. The summed E-state index contributed by atoms with van der Waals surface area (Å²) in [4.78, 5) is 29.4. The number of carbonyl (C=O) groups is 2. The standard InChI is InChI=1S/C19H24N4O2/c1-4-5-11-23(3)19(25)18-13-17(9-10-20-18)22-16-8-6-7-15(12-16)21-14(2)24/h6-10,12-13H,4-5,11H2,1-3H3,(H,20,22)(H,21,24). The molecule has 0 spiro atoms. The van der Waals surface area contributed by atoms with Gasteiger partial charge < -0.3 is 15.5 Å². The van der Waals surface area contributed by atoms with Crippen LogP contribution in [0.1, 0.15) is 37.2 Å². The van der Waals surface area contributed by atoms with Crippen molar-refractivity contribution in [3.05, 3.63) is 48.3 Å². The van der Waals surface area contributed by atoms with Gasteiger partial charge in [0.25, 0.3) is 5.91 Å². The summed E-state index contributed by atoms with van der Waals surface area (Å²) in [5.74, 6) is -0.215. The van der Waals surface area contributed by atoms with Gasteiger partial charge in [-0.05, 0) is 36.8 Å². The van der Waals surface area contributed by atoms with Crippen LogP contribution in [0.4, 0.5) is 17.1 Å². The zero-order valence-corrected chi connectivity index (χ0v) is 14.9. The lowest BCUT2D eigenvalue weighted by molar-refractivity contribution is -0.114. The van der Waals surface area contributed by atoms with Crippen molar-refractivity contribution in [3.63, 3.8) is 0 Å². The van der Waals surface area contributed by atoms with Crippen LogP contribution in [0.15, 0.2) is 42.6 Å². The highest BCUT2D eigenvalue weighted by molar-refractivity contribution is 5.93. The fourth-order valence-electron chi connectivity index (χ4n) is 2.36. The van der Waals surface area contributed by atoms with E-state index >= 15 is 0 Å². The molecule has 6 nitrogen and oxygen atoms in total. The Hall–Kier alpha value is -2.89. The topological polar surface area (TPSA) is 74.3 Å². The molecule has 1 aromatic heterocycles. The number of amides is 2. The van der Waals surface area contributed by atoms with Crippen molar-refractivity contribution < 1.29 is 9.59 Å². The number of unbranched alkanes of at least 4 members (excludes halogenated alkanes) is 1. The highest BCUT2D eigenvalue weighted by Gasteiger charge is 2.13. The molecular weight excluding hydrogens is 316 g/mol. The molecule has 0 bridgehead atoms. The summed E-state index contributed by atoms with van der Waals surface area (Å²) in [6.07, 6.45) is 3.62. The minimum atomic E-state index is -0.121. The SMILES string of the molecule is CCCCN(C)C(=O)c1cc(Nc2cccc(NC(C)=O)c2)ccn1. The van der Waals surface area contributed by atoms with Crippen molar-refractivity contribution in [2.75, 3.05) is 24.2 Å². The van der Waals surface area contributed by atoms with Crippen LogP contribution >= 0.6 is 0 Å². The predicted molar refractivity (Wildman–Crippen MR) is 100 cm³/mol. The number of anilines is 3. The maximum absolute atomic E-state index is 12.4. The first-order valence-electron chi connectivity index (χ1n) is 8.35. The molecule has 2 aromatic rings. The predicted octanol–water partition coefficient (Wildman–Crippen LogP) is 3.66. The van der Waals surface area contributed by atoms with Crippen molar-refractivity contribution in [1.82, 2.24) is 9.88 Å². The maximum Gasteiger partial charge on any atom is 0.272 e. The number of carbonyl (C=O) groups excluding carboxylic acids is 2. The number of aromatic nitrogens is 1. The summed E-state index contributed by atoms with van der Waals surface area (Å²) in [6.45, 7) is 4.28. The van der Waals surface area contributed by atoms with Gasteiger partial charge in [0.2, 0.25) is 5.91 Å². The van der Waals surface area contributed by atoms with E-state index < -0.39 is 0 Å². The van der Waals surface area contributed by atoms with Crippen LogP contribution in [0.3, 0.4) is 0 Å². The first-order chi connectivity index (χ1) is 12.0. The second-order valence-electron chi connectivity index (χ2n) is 5.90. The largest absolute Gasteiger partial charge is 0.355 e. The van der Waals surface area contributed by atoms with Crippen LogP contribution in [0.2, 0.25) is 0 Å². The Morgan fingerprint density at radius 1 is 1.12 bits per heavy atom. The number of nitrogens with zero attached hydrogens (tertiary/aromatic N) is 2. The third kappa shape index (κ3) is 5.60. The lowest BCUT2D eigenvalue weighted by Gasteiger charge is -2.16. The molecule has 0 fully saturated rings. The third-order valence-electron chi connectivity index (χ3n) is 3.64. The number of rotatable bonds is 7. The molecule has 1 heterocycles. The summed E-state index contributed by atoms with van der Waals surface area (Å²) in [5.41, 5.74) is 2.70. The average molecular weight is 340 g/mol. The van der Waals surface area contributed by atoms with Gasteiger partial charge in [-0.15, -0.1) is 0 Å². The number of benzene rings is 1. The molecule has 0 saturated carbocycles. The minimum Gasteiger partial charge on any atom is -0.355 e. The van der Waals surface area contributed by atoms with Crippen LogP contribution in [0, 0.1) is 0 Å². The molecular formula is C19H24N4O2. The first kappa shape index (κ1) is 18.4. The quantitative estimate of drug-likeness (QED) is 0.807. The highest BCUT2D eigenvalue weighted by atomic mass is 16.2. The van der Waals surface area contributed by atoms with Gasteiger partial charge in [-0.1, -0.05) is 19.4 Å². The molecule has 25 heavy (non-hydrogen) atoms. The number of pyridine rings is 1. The molecule has 0 unspecified atom stereocenters. The molecule has 0 saturated heterocycles. The van der Waals surface area contributed by atoms with Crippen molar-refractivity contribution >= 4 is 28.9 Å². The van der Waals surface area contributed by atoms with E-state index in [0.29, 0.717) is 17.9 Å². The molecule has 2 amide bonds. The molecule has 6 heteroatoms. The Morgan fingerprint density at radius 2 is 1.84 bits per heavy atom. The van der Waals surface area contributed by atoms with Crippen LogP contribution in [0.5, 0.6) is 0 Å². The van der Waals surface area contributed by atoms with E-state index in [2.05, 4.69) is 22.5 Å². The Morgan fingerprint density at radius 3 is 2.56 bits per heavy atom. The van der Waals surface area contributed by atoms with Crippen molar-refractivity contribution in [1.29, 1.82) is 0 Å². The van der Waals surface area contributed by atoms with E-state index in [1.807, 2.05) is 24.3 Å². The van der Waals surface area contributed by atoms with Gasteiger partial charge in [0.15, 0.2) is 0 Å². The van der Waals surface area contributed by atoms with E-state index in [9.17, 15) is 9.59 Å². The minimum absolute atomic E-state index is 0.0934. The summed E-state index contributed by atoms with van der Waals surface area (Å²) in [6, 6.07) is 10.9. The van der Waals surface area contributed by atoms with Crippen LogP contribution in [0.25, 0.3) is 0 Å². The van der Waals surface area contributed by atoms with Gasteiger partial charge in [-0.2, -0.15) is 0 Å². The smallest absolute Gasteiger partial charge is 0.272 e. The third-order valence-corrected chi connectivity index (χ3v) is 3.64. The Labute approximate surface area is 148 Å². The Kier molecular flexibility index (Phi) is 6.51. The summed E-state index contributed by atoms with van der Waals surface area (Å²) >= 11 is 0. The van der Waals surface area contributed by atoms with E-state index in [1.54, 1.807) is 30.3 Å². The van der Waals surface area contributed by atoms with Crippen molar-refractivity contribution in [3.8, 4) is 0 Å². The van der Waals surface area contributed by atoms with Gasteiger partial charge in [-0.3, -0.25) is 14.6 Å². The van der Waals surface area contributed by atoms with E-state index in [1.165, 1.54) is 6.92 Å². The monoisotopic (exact) mass is 340 g/mol. The fraction of sp³-hybridized carbons (Fsp3) is 0.316. The Bertz CT molecular complexity index is 746. The molecule has 2 N–H and O–H groups in total. The summed E-state index contributed by atoms with van der Waals surface area (Å²) < 4.78 is 0. The maximum atomic E-state index is 12.4. The molecule has 0 aliphatic rings. The van der Waals surface area contributed by atoms with Gasteiger partial charge in [0.1, 0.15) is 5.69 Å².